The summed E-state index contributed by atoms with van der Waals surface area (Å²) in [4.78, 5) is 11.7. The quantitative estimate of drug-likeness (QED) is 0.680. The summed E-state index contributed by atoms with van der Waals surface area (Å²) < 4.78 is 55.4. The van der Waals surface area contributed by atoms with Crippen LogP contribution in [0.25, 0.3) is 0 Å². The second-order valence-corrected chi connectivity index (χ2v) is 11.4. The minimum atomic E-state index is -3.85. The lowest BCUT2D eigenvalue weighted by Crippen LogP contribution is -2.45. The van der Waals surface area contributed by atoms with Gasteiger partial charge in [-0.1, -0.05) is 6.07 Å². The molecule has 0 amide bonds. The van der Waals surface area contributed by atoms with Crippen LogP contribution in [0.3, 0.4) is 0 Å². The average Bonchev–Trinajstić information content (AvgIpc) is 2.95. The molecule has 1 saturated heterocycles. The van der Waals surface area contributed by atoms with Crippen molar-refractivity contribution in [1.82, 2.24) is 5.32 Å². The largest absolute Gasteiger partial charge is 0.465 e. The molecule has 9 heteroatoms. The lowest BCUT2D eigenvalue weighted by Gasteiger charge is -2.21. The summed E-state index contributed by atoms with van der Waals surface area (Å²) in [6, 6.07) is 4.27. The Labute approximate surface area is 160 Å². The Morgan fingerprint density at radius 2 is 1.89 bits per heavy atom. The maximum Gasteiger partial charge on any atom is 0.319 e. The molecule has 2 aliphatic rings. The number of esters is 1. The predicted molar refractivity (Wildman–Crippen MR) is 101 cm³/mol. The molecule has 0 aromatic heterocycles. The normalized spacial score (nSPS) is 24.3. The number of aryl methyl sites for hydroxylation is 2. The van der Waals surface area contributed by atoms with E-state index in [1.807, 2.05) is 6.07 Å². The first-order valence-corrected chi connectivity index (χ1v) is 12.5. The molecule has 0 spiro atoms. The second kappa shape index (κ2) is 7.89. The van der Waals surface area contributed by atoms with Crippen LogP contribution in [0, 0.1) is 0 Å². The number of carbonyl (C=O) groups excluding carboxylic acids is 1. The third kappa shape index (κ3) is 4.52. The van der Waals surface area contributed by atoms with E-state index in [4.69, 9.17) is 4.74 Å². The molecule has 1 aromatic rings. The molecule has 1 fully saturated rings. The number of sulfone groups is 2. The highest BCUT2D eigenvalue weighted by atomic mass is 32.2. The van der Waals surface area contributed by atoms with Crippen molar-refractivity contribution in [3.05, 3.63) is 29.3 Å². The summed E-state index contributed by atoms with van der Waals surface area (Å²) in [6.07, 6.45) is 3.90. The van der Waals surface area contributed by atoms with Crippen LogP contribution in [0.1, 0.15) is 30.9 Å². The summed E-state index contributed by atoms with van der Waals surface area (Å²) in [5, 5.41) is 1.66. The highest BCUT2D eigenvalue weighted by molar-refractivity contribution is 7.96. The number of carbonyl (C=O) groups is 1. The van der Waals surface area contributed by atoms with Crippen LogP contribution >= 0.6 is 0 Å². The van der Waals surface area contributed by atoms with Gasteiger partial charge in [-0.15, -0.1) is 0 Å². The van der Waals surface area contributed by atoms with Gasteiger partial charge in [0.05, 0.1) is 34.8 Å². The molecule has 0 unspecified atom stereocenters. The Kier molecular flexibility index (Phi) is 5.93. The van der Waals surface area contributed by atoms with E-state index < -0.39 is 42.7 Å². The minimum absolute atomic E-state index is 0.160. The Balaban J connectivity index is 1.85. The van der Waals surface area contributed by atoms with Gasteiger partial charge in [0.2, 0.25) is 0 Å². The number of ether oxygens (including phenoxy) is 1. The number of rotatable bonds is 6. The van der Waals surface area contributed by atoms with Crippen molar-refractivity contribution in [1.29, 1.82) is 0 Å². The second-order valence-electron chi connectivity index (χ2n) is 7.09. The van der Waals surface area contributed by atoms with Gasteiger partial charge in [0.15, 0.2) is 19.7 Å². The van der Waals surface area contributed by atoms with Crippen LogP contribution in [0.2, 0.25) is 0 Å². The van der Waals surface area contributed by atoms with E-state index in [9.17, 15) is 21.6 Å². The Hall–Kier alpha value is -1.45. The van der Waals surface area contributed by atoms with Crippen LogP contribution in [-0.4, -0.2) is 58.8 Å². The predicted octanol–water partition coefficient (Wildman–Crippen LogP) is 0.657. The zero-order valence-corrected chi connectivity index (χ0v) is 16.9. The maximum atomic E-state index is 13.2. The molecule has 27 heavy (non-hydrogen) atoms. The first-order valence-electron chi connectivity index (χ1n) is 9.18. The molecule has 0 radical (unpaired) electrons. The minimum Gasteiger partial charge on any atom is -0.465 e. The zero-order valence-electron chi connectivity index (χ0n) is 15.3. The average molecular weight is 416 g/mol. The molecular weight excluding hydrogens is 390 g/mol. The standard InChI is InChI=1S/C18H25NO6S2/c1-2-25-18(20)10-19-16-11-26(21,22)12-17(16)27(23,24)15-8-7-13-5-3-4-6-14(13)9-15/h7-9,16-17,19H,2-6,10-12H2,1H3/t16-,17-/m0/s1. The van der Waals surface area contributed by atoms with Gasteiger partial charge in [-0.3, -0.25) is 4.79 Å². The van der Waals surface area contributed by atoms with E-state index in [-0.39, 0.29) is 23.8 Å². The summed E-state index contributed by atoms with van der Waals surface area (Å²) in [5.41, 5.74) is 2.19. The van der Waals surface area contributed by atoms with E-state index in [1.54, 1.807) is 19.1 Å². The lowest BCUT2D eigenvalue weighted by molar-refractivity contribution is -0.142. The molecule has 1 aliphatic carbocycles. The first kappa shape index (κ1) is 20.3. The van der Waals surface area contributed by atoms with Crippen LogP contribution in [0.15, 0.2) is 23.1 Å². The van der Waals surface area contributed by atoms with Crippen molar-refractivity contribution in [3.8, 4) is 0 Å². The molecule has 1 heterocycles. The fourth-order valence-corrected chi connectivity index (χ4v) is 8.57. The van der Waals surface area contributed by atoms with Crippen molar-refractivity contribution in [2.24, 2.45) is 0 Å². The third-order valence-corrected chi connectivity index (χ3v) is 9.31. The zero-order chi connectivity index (χ0) is 19.7. The molecule has 7 nitrogen and oxygen atoms in total. The van der Waals surface area contributed by atoms with Crippen LogP contribution in [-0.2, 0) is 42.0 Å². The van der Waals surface area contributed by atoms with Crippen molar-refractivity contribution in [2.75, 3.05) is 24.7 Å². The molecule has 150 valence electrons. The molecule has 1 N–H and O–H groups in total. The van der Waals surface area contributed by atoms with Crippen LogP contribution < -0.4 is 5.32 Å². The van der Waals surface area contributed by atoms with Crippen LogP contribution in [0.4, 0.5) is 0 Å². The van der Waals surface area contributed by atoms with Gasteiger partial charge in [-0.2, -0.15) is 0 Å². The summed E-state index contributed by atoms with van der Waals surface area (Å²) in [5.74, 6) is -1.28. The molecule has 2 atom stereocenters. The molecule has 0 bridgehead atoms. The monoisotopic (exact) mass is 415 g/mol. The van der Waals surface area contributed by atoms with Gasteiger partial charge < -0.3 is 10.1 Å². The van der Waals surface area contributed by atoms with E-state index in [2.05, 4.69) is 5.32 Å². The van der Waals surface area contributed by atoms with Crippen molar-refractivity contribution in [2.45, 2.75) is 48.8 Å². The maximum absolute atomic E-state index is 13.2. The van der Waals surface area contributed by atoms with E-state index in [0.29, 0.717) is 0 Å². The molecule has 1 aliphatic heterocycles. The van der Waals surface area contributed by atoms with E-state index in [1.165, 1.54) is 0 Å². The number of hydrogen-bond donors (Lipinski definition) is 1. The topological polar surface area (TPSA) is 107 Å². The van der Waals surface area contributed by atoms with Gasteiger partial charge >= 0.3 is 5.97 Å². The smallest absolute Gasteiger partial charge is 0.319 e. The van der Waals surface area contributed by atoms with Crippen molar-refractivity contribution >= 4 is 25.6 Å². The van der Waals surface area contributed by atoms with Gasteiger partial charge in [-0.05, 0) is 55.9 Å². The Morgan fingerprint density at radius 3 is 2.59 bits per heavy atom. The highest BCUT2D eigenvalue weighted by Crippen LogP contribution is 2.29. The lowest BCUT2D eigenvalue weighted by atomic mass is 9.92. The van der Waals surface area contributed by atoms with E-state index in [0.717, 1.165) is 36.8 Å². The highest BCUT2D eigenvalue weighted by Gasteiger charge is 2.46. The number of benzene rings is 1. The SMILES string of the molecule is CCOC(=O)CN[C@H]1CS(=O)(=O)C[C@@H]1S(=O)(=O)c1ccc2c(c1)CCCC2. The molecule has 0 saturated carbocycles. The number of hydrogen-bond acceptors (Lipinski definition) is 7. The van der Waals surface area contributed by atoms with Gasteiger partial charge in [0, 0.05) is 6.04 Å². The van der Waals surface area contributed by atoms with Crippen molar-refractivity contribution in [3.63, 3.8) is 0 Å². The third-order valence-electron chi connectivity index (χ3n) is 5.16. The van der Waals surface area contributed by atoms with Crippen LogP contribution in [0.5, 0.6) is 0 Å². The molecule has 1 aromatic carbocycles. The fraction of sp³-hybridized carbons (Fsp3) is 0.611. The van der Waals surface area contributed by atoms with Gasteiger partial charge in [0.25, 0.3) is 0 Å². The van der Waals surface area contributed by atoms with Crippen molar-refractivity contribution < 1.29 is 26.4 Å². The number of nitrogens with one attached hydrogen (secondary N) is 1. The molecular formula is C18H25NO6S2. The van der Waals surface area contributed by atoms with Gasteiger partial charge in [0.1, 0.15) is 0 Å². The summed E-state index contributed by atoms with van der Waals surface area (Å²) >= 11 is 0. The Morgan fingerprint density at radius 1 is 1.19 bits per heavy atom. The number of fused-ring (bicyclic) bond motifs is 1. The summed E-state index contributed by atoms with van der Waals surface area (Å²) in [7, 11) is -7.35. The Bertz CT molecular complexity index is 923. The summed E-state index contributed by atoms with van der Waals surface area (Å²) in [6.45, 7) is 1.66. The van der Waals surface area contributed by atoms with E-state index >= 15 is 0 Å². The molecule has 3 rings (SSSR count). The first-order chi connectivity index (χ1) is 12.7. The van der Waals surface area contributed by atoms with Gasteiger partial charge in [-0.25, -0.2) is 16.8 Å². The fourth-order valence-electron chi connectivity index (χ4n) is 3.80.